The molecule has 0 heterocycles. The number of rotatable bonds is 5. The summed E-state index contributed by atoms with van der Waals surface area (Å²) in [5.41, 5.74) is 3.36. The van der Waals surface area contributed by atoms with E-state index in [1.54, 1.807) is 36.4 Å². The molecule has 5 nitrogen and oxygen atoms in total. The molecule has 0 bridgehead atoms. The number of halogens is 1. The van der Waals surface area contributed by atoms with Gasteiger partial charge in [-0.1, -0.05) is 34.1 Å². The maximum Gasteiger partial charge on any atom is 0.261 e. The second-order valence-electron chi connectivity index (χ2n) is 6.41. The quantitative estimate of drug-likeness (QED) is 0.556. The summed E-state index contributed by atoms with van der Waals surface area (Å²) in [7, 11) is -3.82. The Morgan fingerprint density at radius 2 is 1.64 bits per heavy atom. The minimum absolute atomic E-state index is 0.0176. The minimum Gasteiger partial charge on any atom is -0.322 e. The Morgan fingerprint density at radius 1 is 0.929 bits per heavy atom. The number of aryl methyl sites for hydroxylation is 2. The van der Waals surface area contributed by atoms with Crippen LogP contribution in [0.5, 0.6) is 0 Å². The summed E-state index contributed by atoms with van der Waals surface area (Å²) < 4.78 is 28.7. The highest BCUT2D eigenvalue weighted by Crippen LogP contribution is 2.21. The summed E-state index contributed by atoms with van der Waals surface area (Å²) in [6.45, 7) is 3.84. The maximum atomic E-state index is 12.7. The molecule has 0 spiro atoms. The van der Waals surface area contributed by atoms with E-state index in [4.69, 9.17) is 0 Å². The van der Waals surface area contributed by atoms with Gasteiger partial charge in [0.1, 0.15) is 0 Å². The number of amides is 1. The normalized spacial score (nSPS) is 11.1. The van der Waals surface area contributed by atoms with Gasteiger partial charge in [-0.05, 0) is 73.5 Å². The molecule has 3 aromatic rings. The van der Waals surface area contributed by atoms with Crippen LogP contribution in [0.3, 0.4) is 0 Å². The van der Waals surface area contributed by atoms with Crippen molar-refractivity contribution in [3.63, 3.8) is 0 Å². The first kappa shape index (κ1) is 20.1. The number of nitrogens with one attached hydrogen (secondary N) is 2. The highest BCUT2D eigenvalue weighted by molar-refractivity contribution is 9.10. The summed E-state index contributed by atoms with van der Waals surface area (Å²) in [6, 6.07) is 18.5. The predicted octanol–water partition coefficient (Wildman–Crippen LogP) is 5.12. The number of hydrogen-bond acceptors (Lipinski definition) is 3. The molecule has 0 radical (unpaired) electrons. The lowest BCUT2D eigenvalue weighted by Crippen LogP contribution is -2.16. The summed E-state index contributed by atoms with van der Waals surface area (Å²) in [5, 5.41) is 2.84. The van der Waals surface area contributed by atoms with E-state index in [9.17, 15) is 13.2 Å². The lowest BCUT2D eigenvalue weighted by molar-refractivity contribution is 0.102. The van der Waals surface area contributed by atoms with Gasteiger partial charge in [0.05, 0.1) is 4.90 Å². The van der Waals surface area contributed by atoms with E-state index < -0.39 is 10.0 Å². The third-order valence-corrected chi connectivity index (χ3v) is 6.05. The van der Waals surface area contributed by atoms with E-state index in [2.05, 4.69) is 26.0 Å². The Labute approximate surface area is 173 Å². The van der Waals surface area contributed by atoms with Crippen LogP contribution in [0.1, 0.15) is 21.5 Å². The van der Waals surface area contributed by atoms with Gasteiger partial charge in [-0.2, -0.15) is 0 Å². The second-order valence-corrected chi connectivity index (χ2v) is 9.01. The molecule has 0 unspecified atom stereocenters. The SMILES string of the molecule is Cc1ccc(C)c(NC(=O)c2cccc(S(=O)(=O)Nc3ccc(Br)cc3)c2)c1. The number of anilines is 2. The van der Waals surface area contributed by atoms with Crippen LogP contribution in [-0.2, 0) is 10.0 Å². The minimum atomic E-state index is -3.82. The summed E-state index contributed by atoms with van der Waals surface area (Å²) >= 11 is 3.31. The molecule has 0 saturated heterocycles. The number of benzene rings is 3. The van der Waals surface area contributed by atoms with Crippen molar-refractivity contribution in [3.8, 4) is 0 Å². The van der Waals surface area contributed by atoms with Crippen LogP contribution < -0.4 is 10.0 Å². The molecule has 2 N–H and O–H groups in total. The van der Waals surface area contributed by atoms with Crippen LogP contribution in [0, 0.1) is 13.8 Å². The zero-order valence-corrected chi connectivity index (χ0v) is 17.8. The lowest BCUT2D eigenvalue weighted by atomic mass is 10.1. The number of sulfonamides is 1. The number of hydrogen-bond donors (Lipinski definition) is 2. The summed E-state index contributed by atoms with van der Waals surface area (Å²) in [4.78, 5) is 12.6. The molecule has 0 atom stereocenters. The van der Waals surface area contributed by atoms with Crippen LogP contribution in [0.15, 0.2) is 76.1 Å². The van der Waals surface area contributed by atoms with Crippen LogP contribution in [0.25, 0.3) is 0 Å². The molecule has 0 saturated carbocycles. The van der Waals surface area contributed by atoms with E-state index in [0.717, 1.165) is 15.6 Å². The first-order chi connectivity index (χ1) is 13.2. The molecule has 0 fully saturated rings. The maximum absolute atomic E-state index is 12.7. The fourth-order valence-corrected chi connectivity index (χ4v) is 3.97. The summed E-state index contributed by atoms with van der Waals surface area (Å²) in [5.74, 6) is -0.366. The number of carbonyl (C=O) groups is 1. The van der Waals surface area contributed by atoms with Crippen LogP contribution in [-0.4, -0.2) is 14.3 Å². The van der Waals surface area contributed by atoms with Gasteiger partial charge in [0.25, 0.3) is 15.9 Å². The summed E-state index contributed by atoms with van der Waals surface area (Å²) in [6.07, 6.45) is 0. The molecule has 0 aliphatic carbocycles. The van der Waals surface area contributed by atoms with E-state index in [0.29, 0.717) is 11.4 Å². The van der Waals surface area contributed by atoms with Crippen LogP contribution >= 0.6 is 15.9 Å². The van der Waals surface area contributed by atoms with Gasteiger partial charge >= 0.3 is 0 Å². The topological polar surface area (TPSA) is 75.3 Å². The molecule has 1 amide bonds. The monoisotopic (exact) mass is 458 g/mol. The van der Waals surface area contributed by atoms with Crippen molar-refractivity contribution >= 4 is 43.2 Å². The Morgan fingerprint density at radius 3 is 2.36 bits per heavy atom. The molecule has 28 heavy (non-hydrogen) atoms. The Kier molecular flexibility index (Phi) is 5.86. The van der Waals surface area contributed by atoms with E-state index >= 15 is 0 Å². The smallest absolute Gasteiger partial charge is 0.261 e. The molecule has 3 aromatic carbocycles. The fourth-order valence-electron chi connectivity index (χ4n) is 2.60. The van der Waals surface area contributed by atoms with E-state index in [-0.39, 0.29) is 16.4 Å². The van der Waals surface area contributed by atoms with Gasteiger partial charge in [-0.15, -0.1) is 0 Å². The average molecular weight is 459 g/mol. The zero-order valence-electron chi connectivity index (χ0n) is 15.4. The fraction of sp³-hybridized carbons (Fsp3) is 0.0952. The van der Waals surface area contributed by atoms with Crippen molar-refractivity contribution in [2.24, 2.45) is 0 Å². The highest BCUT2D eigenvalue weighted by atomic mass is 79.9. The first-order valence-corrected chi connectivity index (χ1v) is 10.8. The van der Waals surface area contributed by atoms with Gasteiger partial charge < -0.3 is 5.32 Å². The molecule has 144 valence electrons. The third kappa shape index (κ3) is 4.79. The molecular formula is C21H19BrN2O3S. The van der Waals surface area contributed by atoms with E-state index in [1.165, 1.54) is 12.1 Å². The average Bonchev–Trinajstić information content (AvgIpc) is 2.66. The van der Waals surface area contributed by atoms with Crippen molar-refractivity contribution < 1.29 is 13.2 Å². The first-order valence-electron chi connectivity index (χ1n) is 8.52. The number of carbonyl (C=O) groups excluding carboxylic acids is 1. The van der Waals surface area contributed by atoms with Crippen LogP contribution in [0.2, 0.25) is 0 Å². The van der Waals surface area contributed by atoms with Crippen LogP contribution in [0.4, 0.5) is 11.4 Å². The van der Waals surface area contributed by atoms with Crippen molar-refractivity contribution in [2.75, 3.05) is 10.0 Å². The highest BCUT2D eigenvalue weighted by Gasteiger charge is 2.17. The Bertz CT molecular complexity index is 1130. The van der Waals surface area contributed by atoms with Crippen molar-refractivity contribution in [2.45, 2.75) is 18.7 Å². The van der Waals surface area contributed by atoms with Crippen molar-refractivity contribution in [1.29, 1.82) is 0 Å². The molecule has 0 aromatic heterocycles. The molecule has 7 heteroatoms. The Balaban J connectivity index is 1.83. The zero-order chi connectivity index (χ0) is 20.3. The molecular weight excluding hydrogens is 440 g/mol. The van der Waals surface area contributed by atoms with Crippen molar-refractivity contribution in [1.82, 2.24) is 0 Å². The van der Waals surface area contributed by atoms with Gasteiger partial charge in [-0.25, -0.2) is 8.42 Å². The van der Waals surface area contributed by atoms with Gasteiger partial charge in [0, 0.05) is 21.4 Å². The van der Waals surface area contributed by atoms with Gasteiger partial charge in [-0.3, -0.25) is 9.52 Å². The molecule has 0 aliphatic rings. The lowest BCUT2D eigenvalue weighted by Gasteiger charge is -2.11. The largest absolute Gasteiger partial charge is 0.322 e. The van der Waals surface area contributed by atoms with Gasteiger partial charge in [0.2, 0.25) is 0 Å². The third-order valence-electron chi connectivity index (χ3n) is 4.14. The van der Waals surface area contributed by atoms with E-state index in [1.807, 2.05) is 32.0 Å². The Hall–Kier alpha value is -2.64. The molecule has 0 aliphatic heterocycles. The molecule has 3 rings (SSSR count). The standard InChI is InChI=1S/C21H19BrN2O3S/c1-14-6-7-15(2)20(12-14)23-21(25)16-4-3-5-19(13-16)28(26,27)24-18-10-8-17(22)9-11-18/h3-13,24H,1-2H3,(H,23,25). The predicted molar refractivity (Wildman–Crippen MR) is 115 cm³/mol. The second kappa shape index (κ2) is 8.16. The van der Waals surface area contributed by atoms with Gasteiger partial charge in [0.15, 0.2) is 0 Å². The van der Waals surface area contributed by atoms with Crippen molar-refractivity contribution in [3.05, 3.63) is 87.9 Å².